The Morgan fingerprint density at radius 1 is 1.03 bits per heavy atom. The van der Waals surface area contributed by atoms with Crippen LogP contribution in [0.4, 0.5) is 0 Å². The number of hydrogen-bond acceptors (Lipinski definition) is 4. The quantitative estimate of drug-likeness (QED) is 0.301. The minimum Gasteiger partial charge on any atom is -0.389 e. The van der Waals surface area contributed by atoms with Crippen molar-refractivity contribution in [1.82, 2.24) is 9.97 Å². The fourth-order valence-corrected chi connectivity index (χ4v) is 6.27. The second-order valence-corrected chi connectivity index (χ2v) is 11.5. The van der Waals surface area contributed by atoms with E-state index in [2.05, 4.69) is 34.3 Å². The molecule has 200 valence electrons. The molecule has 1 aromatic heterocycles. The number of aliphatic hydroxyl groups is 1. The molecule has 1 aromatic carbocycles. The molecule has 1 atom stereocenters. The van der Waals surface area contributed by atoms with Crippen molar-refractivity contribution in [2.75, 3.05) is 0 Å². The van der Waals surface area contributed by atoms with E-state index in [0.29, 0.717) is 12.2 Å². The molecule has 4 heteroatoms. The molecule has 0 radical (unpaired) electrons. The van der Waals surface area contributed by atoms with Gasteiger partial charge >= 0.3 is 0 Å². The number of Topliss-reactive ketones (excluding diaryl/α,β-unsaturated/α-hetero) is 1. The molecule has 1 fully saturated rings. The van der Waals surface area contributed by atoms with Gasteiger partial charge in [0, 0.05) is 18.4 Å². The number of unbranched alkanes of at least 4 members (excludes halogenated alkanes) is 1. The van der Waals surface area contributed by atoms with E-state index in [4.69, 9.17) is 0 Å². The molecule has 37 heavy (non-hydrogen) atoms. The lowest BCUT2D eigenvalue weighted by atomic mass is 9.81. The fourth-order valence-electron chi connectivity index (χ4n) is 6.27. The first-order chi connectivity index (χ1) is 18.1. The molecule has 0 aliphatic heterocycles. The number of rotatable bonds is 12. The van der Waals surface area contributed by atoms with Crippen LogP contribution >= 0.6 is 0 Å². The maximum absolute atomic E-state index is 12.4. The Hall–Kier alpha value is -2.33. The molecule has 2 aromatic rings. The van der Waals surface area contributed by atoms with Crippen LogP contribution in [0.15, 0.2) is 36.7 Å². The van der Waals surface area contributed by atoms with E-state index < -0.39 is 6.10 Å². The number of nitrogens with zero attached hydrogens (tertiary/aromatic N) is 2. The largest absolute Gasteiger partial charge is 0.389 e. The number of aromatic nitrogens is 2. The average molecular weight is 503 g/mol. The number of carbonyl (C=O) groups excluding carboxylic acids is 1. The third-order valence-corrected chi connectivity index (χ3v) is 8.49. The molecule has 2 aliphatic carbocycles. The lowest BCUT2D eigenvalue weighted by molar-refractivity contribution is -0.119. The summed E-state index contributed by atoms with van der Waals surface area (Å²) in [6.07, 6.45) is 23.7. The normalized spacial score (nSPS) is 20.6. The molecule has 1 unspecified atom stereocenters. The van der Waals surface area contributed by atoms with E-state index in [0.717, 1.165) is 68.8 Å². The Labute approximate surface area is 224 Å². The molecule has 2 aliphatic rings. The maximum Gasteiger partial charge on any atom is 0.132 e. The summed E-state index contributed by atoms with van der Waals surface area (Å²) in [5.41, 5.74) is 6.01. The summed E-state index contributed by atoms with van der Waals surface area (Å²) in [7, 11) is 0. The van der Waals surface area contributed by atoms with Crippen molar-refractivity contribution in [1.29, 1.82) is 0 Å². The zero-order valence-electron chi connectivity index (χ0n) is 22.8. The van der Waals surface area contributed by atoms with Gasteiger partial charge in [0.25, 0.3) is 0 Å². The first-order valence-corrected chi connectivity index (χ1v) is 14.9. The van der Waals surface area contributed by atoms with Crippen LogP contribution in [-0.4, -0.2) is 20.9 Å². The van der Waals surface area contributed by atoms with Crippen LogP contribution in [0.3, 0.4) is 0 Å². The molecule has 0 amide bonds. The SMILES string of the molecule is CC(O)c1cccc(CCCCC(=O)CCCC2CCCC(Cc3ncnc4c3C=CCC4)CCC2)c1. The van der Waals surface area contributed by atoms with Crippen LogP contribution in [0.1, 0.15) is 125 Å². The van der Waals surface area contributed by atoms with E-state index in [1.165, 1.54) is 67.5 Å². The first kappa shape index (κ1) is 27.7. The minimum absolute atomic E-state index is 0.423. The maximum atomic E-state index is 12.4. The number of hydrogen-bond donors (Lipinski definition) is 1. The van der Waals surface area contributed by atoms with Crippen molar-refractivity contribution in [3.05, 3.63) is 64.7 Å². The molecular weight excluding hydrogens is 456 g/mol. The van der Waals surface area contributed by atoms with Crippen molar-refractivity contribution in [2.45, 2.75) is 116 Å². The van der Waals surface area contributed by atoms with E-state index in [-0.39, 0.29) is 0 Å². The second kappa shape index (κ2) is 14.6. The number of carbonyl (C=O) groups is 1. The molecule has 4 nitrogen and oxygen atoms in total. The predicted octanol–water partition coefficient (Wildman–Crippen LogP) is 7.77. The standard InChI is InChI=1S/C33H46N2O2/c1-25(36)29-17-8-16-27(22-29)10-2-3-18-30(37)19-9-13-26-11-6-14-28(15-7-12-26)23-33-31-20-4-5-21-32(31)34-24-35-33/h4,8,16-17,20,22,24-26,28,36H,2-3,5-7,9-15,18-19,21,23H2,1H3. The smallest absolute Gasteiger partial charge is 0.132 e. The third kappa shape index (κ3) is 8.88. The van der Waals surface area contributed by atoms with E-state index >= 15 is 0 Å². The fraction of sp³-hybridized carbons (Fsp3) is 0.606. The highest BCUT2D eigenvalue weighted by molar-refractivity contribution is 5.78. The summed E-state index contributed by atoms with van der Waals surface area (Å²) in [6, 6.07) is 8.19. The first-order valence-electron chi connectivity index (χ1n) is 14.9. The van der Waals surface area contributed by atoms with Gasteiger partial charge in [0.1, 0.15) is 12.1 Å². The molecule has 0 bridgehead atoms. The molecule has 1 saturated carbocycles. The zero-order valence-corrected chi connectivity index (χ0v) is 22.8. The van der Waals surface area contributed by atoms with Crippen LogP contribution in [-0.2, 0) is 24.1 Å². The van der Waals surface area contributed by atoms with Gasteiger partial charge in [0.2, 0.25) is 0 Å². The molecule has 0 spiro atoms. The van der Waals surface area contributed by atoms with Gasteiger partial charge in [0.05, 0.1) is 17.5 Å². The van der Waals surface area contributed by atoms with Crippen LogP contribution in [0, 0.1) is 11.8 Å². The average Bonchev–Trinajstić information content (AvgIpc) is 2.89. The van der Waals surface area contributed by atoms with Crippen molar-refractivity contribution < 1.29 is 9.90 Å². The molecule has 4 rings (SSSR count). The van der Waals surface area contributed by atoms with E-state index in [1.54, 1.807) is 13.3 Å². The molecule has 0 saturated heterocycles. The minimum atomic E-state index is -0.423. The van der Waals surface area contributed by atoms with Gasteiger partial charge < -0.3 is 5.11 Å². The van der Waals surface area contributed by atoms with Crippen LogP contribution in [0.25, 0.3) is 6.08 Å². The van der Waals surface area contributed by atoms with Gasteiger partial charge in [-0.25, -0.2) is 9.97 Å². The topological polar surface area (TPSA) is 63.1 Å². The van der Waals surface area contributed by atoms with Crippen molar-refractivity contribution in [3.8, 4) is 0 Å². The summed E-state index contributed by atoms with van der Waals surface area (Å²) in [4.78, 5) is 21.6. The van der Waals surface area contributed by atoms with Gasteiger partial charge in [-0.3, -0.25) is 4.79 Å². The Kier molecular flexibility index (Phi) is 10.9. The molecular formula is C33H46N2O2. The number of benzene rings is 1. The summed E-state index contributed by atoms with van der Waals surface area (Å²) in [5, 5.41) is 9.75. The van der Waals surface area contributed by atoms with Crippen LogP contribution in [0.2, 0.25) is 0 Å². The van der Waals surface area contributed by atoms with E-state index in [1.807, 2.05) is 12.1 Å². The predicted molar refractivity (Wildman–Crippen MR) is 151 cm³/mol. The van der Waals surface area contributed by atoms with Gasteiger partial charge in [-0.1, -0.05) is 81.4 Å². The lowest BCUT2D eigenvalue weighted by Gasteiger charge is -2.25. The Bertz CT molecular complexity index is 1020. The van der Waals surface area contributed by atoms with E-state index in [9.17, 15) is 9.90 Å². The lowest BCUT2D eigenvalue weighted by Crippen LogP contribution is -2.14. The summed E-state index contributed by atoms with van der Waals surface area (Å²) in [5.74, 6) is 1.97. The highest BCUT2D eigenvalue weighted by Crippen LogP contribution is 2.32. The van der Waals surface area contributed by atoms with Crippen molar-refractivity contribution in [3.63, 3.8) is 0 Å². The third-order valence-electron chi connectivity index (χ3n) is 8.49. The summed E-state index contributed by atoms with van der Waals surface area (Å²) < 4.78 is 0. The van der Waals surface area contributed by atoms with Crippen molar-refractivity contribution >= 4 is 11.9 Å². The second-order valence-electron chi connectivity index (χ2n) is 11.5. The monoisotopic (exact) mass is 502 g/mol. The zero-order chi connectivity index (χ0) is 25.9. The summed E-state index contributed by atoms with van der Waals surface area (Å²) in [6.45, 7) is 1.80. The number of aryl methyl sites for hydroxylation is 2. The highest BCUT2D eigenvalue weighted by Gasteiger charge is 2.20. The van der Waals surface area contributed by atoms with Gasteiger partial charge in [-0.05, 0) is 74.8 Å². The van der Waals surface area contributed by atoms with Gasteiger partial charge in [-0.15, -0.1) is 0 Å². The Morgan fingerprint density at radius 2 is 1.81 bits per heavy atom. The Morgan fingerprint density at radius 3 is 2.62 bits per heavy atom. The number of aliphatic hydroxyl groups excluding tert-OH is 1. The number of allylic oxidation sites excluding steroid dienone is 1. The highest BCUT2D eigenvalue weighted by atomic mass is 16.3. The number of fused-ring (bicyclic) bond motifs is 1. The van der Waals surface area contributed by atoms with Crippen molar-refractivity contribution in [2.24, 2.45) is 11.8 Å². The number of ketones is 1. The van der Waals surface area contributed by atoms with Crippen LogP contribution < -0.4 is 0 Å². The van der Waals surface area contributed by atoms with Gasteiger partial charge in [0.15, 0.2) is 0 Å². The molecule has 1 N–H and O–H groups in total. The summed E-state index contributed by atoms with van der Waals surface area (Å²) >= 11 is 0. The van der Waals surface area contributed by atoms with Gasteiger partial charge in [-0.2, -0.15) is 0 Å². The Balaban J connectivity index is 1.09. The van der Waals surface area contributed by atoms with Crippen LogP contribution in [0.5, 0.6) is 0 Å². The molecule has 1 heterocycles.